The van der Waals surface area contributed by atoms with Crippen molar-refractivity contribution in [3.05, 3.63) is 109 Å². The summed E-state index contributed by atoms with van der Waals surface area (Å²) in [6, 6.07) is 0. The number of ether oxygens (including phenoxy) is 2. The van der Waals surface area contributed by atoms with Gasteiger partial charge in [-0.2, -0.15) is 0 Å². The Kier molecular flexibility index (Phi) is 54.9. The van der Waals surface area contributed by atoms with Crippen LogP contribution in [0.4, 0.5) is 0 Å². The summed E-state index contributed by atoms with van der Waals surface area (Å²) in [5.41, 5.74) is 0. The van der Waals surface area contributed by atoms with Crippen LogP contribution in [-0.4, -0.2) is 74.9 Å². The molecule has 0 fully saturated rings. The number of carbonyl (C=O) groups excluding carboxylic acids is 2. The molecule has 0 amide bonds. The molecule has 2 atom stereocenters. The second kappa shape index (κ2) is 57.4. The van der Waals surface area contributed by atoms with E-state index in [9.17, 15) is 19.0 Å². The number of hydrogen-bond donors (Lipinski definition) is 1. The zero-order chi connectivity index (χ0) is 56.3. The molecular formula is C67H117NO8P+. The molecule has 10 heteroatoms. The lowest BCUT2D eigenvalue weighted by Crippen LogP contribution is -2.37. The minimum Gasteiger partial charge on any atom is -0.462 e. The second-order valence-electron chi connectivity index (χ2n) is 21.7. The average molecular weight is 1100 g/mol. The quantitative estimate of drug-likeness (QED) is 0.0211. The molecule has 1 N–H and O–H groups in total. The number of unbranched alkanes of at least 4 members (excludes halogenated alkanes) is 24. The molecule has 9 nitrogen and oxygen atoms in total. The molecule has 0 heterocycles. The molecule has 442 valence electrons. The summed E-state index contributed by atoms with van der Waals surface area (Å²) >= 11 is 0. The van der Waals surface area contributed by atoms with E-state index in [4.69, 9.17) is 18.5 Å². The lowest BCUT2D eigenvalue weighted by molar-refractivity contribution is -0.870. The standard InChI is InChI=1S/C67H116NO8P/c1-6-8-10-12-14-16-18-20-22-24-25-26-27-28-29-30-31-32-33-34-35-36-37-38-39-40-41-42-43-44-46-48-50-52-54-56-58-60-67(70)76-65(64-75-77(71,72)74-62-61-68(3,4)5)63-73-66(69)59-57-55-53-51-49-47-45-23-21-19-17-15-13-11-9-7-2/h8,10,14,16,20,22-23,25-26,28-29,31-32,34-35,37-38,45,65H,6-7,9,11-13,15,17-19,21,24,27,30,33,36,39-44,46-64H2,1-5H3/p+1/b10-8-,16-14-,22-20-,26-25-,29-28-,32-31-,35-34-,38-37-,45-23-. The first-order valence-corrected chi connectivity index (χ1v) is 32.6. The highest BCUT2D eigenvalue weighted by Gasteiger charge is 2.27. The van der Waals surface area contributed by atoms with Crippen molar-refractivity contribution in [2.45, 2.75) is 258 Å². The van der Waals surface area contributed by atoms with Gasteiger partial charge >= 0.3 is 19.8 Å². The number of likely N-dealkylation sites (N-methyl/N-ethyl adjacent to an activating group) is 1. The van der Waals surface area contributed by atoms with Gasteiger partial charge in [-0.25, -0.2) is 4.57 Å². The first-order valence-electron chi connectivity index (χ1n) is 31.1. The minimum atomic E-state index is -4.39. The Bertz CT molecular complexity index is 1670. The fourth-order valence-corrected chi connectivity index (χ4v) is 9.00. The summed E-state index contributed by atoms with van der Waals surface area (Å²) in [6.07, 6.45) is 80.2. The van der Waals surface area contributed by atoms with Crippen LogP contribution in [0, 0.1) is 0 Å². The third-order valence-electron chi connectivity index (χ3n) is 13.0. The topological polar surface area (TPSA) is 108 Å². The fourth-order valence-electron chi connectivity index (χ4n) is 8.26. The second-order valence-corrected chi connectivity index (χ2v) is 23.2. The number of phosphoric acid groups is 1. The molecule has 0 aromatic rings. The Balaban J connectivity index is 4.09. The number of allylic oxidation sites excluding steroid dienone is 18. The highest BCUT2D eigenvalue weighted by Crippen LogP contribution is 2.43. The Hall–Kier alpha value is -3.33. The predicted molar refractivity (Wildman–Crippen MR) is 330 cm³/mol. The Morgan fingerprint density at radius 1 is 0.416 bits per heavy atom. The van der Waals surface area contributed by atoms with Crippen molar-refractivity contribution >= 4 is 19.8 Å². The molecule has 0 aliphatic heterocycles. The number of rotatable bonds is 56. The molecule has 2 unspecified atom stereocenters. The van der Waals surface area contributed by atoms with Crippen LogP contribution >= 0.6 is 7.82 Å². The van der Waals surface area contributed by atoms with Crippen LogP contribution in [0.2, 0.25) is 0 Å². The third kappa shape index (κ3) is 61.7. The van der Waals surface area contributed by atoms with Gasteiger partial charge in [0.1, 0.15) is 19.8 Å². The van der Waals surface area contributed by atoms with E-state index < -0.39 is 26.5 Å². The number of quaternary nitrogens is 1. The van der Waals surface area contributed by atoms with E-state index in [2.05, 4.69) is 123 Å². The molecule has 0 bridgehead atoms. The van der Waals surface area contributed by atoms with Crippen LogP contribution in [0.3, 0.4) is 0 Å². The first-order chi connectivity index (χ1) is 37.5. The Morgan fingerprint density at radius 2 is 0.740 bits per heavy atom. The summed E-state index contributed by atoms with van der Waals surface area (Å²) in [5.74, 6) is -0.810. The molecular weight excluding hydrogens is 978 g/mol. The maximum atomic E-state index is 12.8. The first kappa shape index (κ1) is 73.7. The maximum Gasteiger partial charge on any atom is 0.472 e. The van der Waals surface area contributed by atoms with Gasteiger partial charge in [0, 0.05) is 12.8 Å². The van der Waals surface area contributed by atoms with Crippen LogP contribution in [0.25, 0.3) is 0 Å². The SMILES string of the molecule is CC/C=C\C/C=C\C/C=C\C/C=C\C/C=C\C/C=C\C/C=C\C/C=C\CCCCCCCCCCCCCCC(=O)OC(COC(=O)CCCCCCC/C=C\CCCCCCCCC)COP(=O)(O)OCC[N+](C)(C)C. The molecule has 0 rings (SSSR count). The fraction of sp³-hybridized carbons (Fsp3) is 0.701. The largest absolute Gasteiger partial charge is 0.472 e. The molecule has 77 heavy (non-hydrogen) atoms. The van der Waals surface area contributed by atoms with Crippen LogP contribution in [0.5, 0.6) is 0 Å². The van der Waals surface area contributed by atoms with Crippen molar-refractivity contribution in [1.29, 1.82) is 0 Å². The highest BCUT2D eigenvalue weighted by molar-refractivity contribution is 7.47. The highest BCUT2D eigenvalue weighted by atomic mass is 31.2. The molecule has 0 aromatic heterocycles. The van der Waals surface area contributed by atoms with E-state index in [-0.39, 0.29) is 32.0 Å². The van der Waals surface area contributed by atoms with E-state index in [1.165, 1.54) is 109 Å². The van der Waals surface area contributed by atoms with Crippen molar-refractivity contribution in [2.75, 3.05) is 47.5 Å². The van der Waals surface area contributed by atoms with Gasteiger partial charge in [-0.1, -0.05) is 245 Å². The van der Waals surface area contributed by atoms with E-state index in [1.807, 2.05) is 21.1 Å². The third-order valence-corrected chi connectivity index (χ3v) is 14.0. The maximum absolute atomic E-state index is 12.8. The van der Waals surface area contributed by atoms with Gasteiger partial charge in [-0.15, -0.1) is 0 Å². The zero-order valence-corrected chi connectivity index (χ0v) is 51.1. The van der Waals surface area contributed by atoms with E-state index in [0.717, 1.165) is 109 Å². The zero-order valence-electron chi connectivity index (χ0n) is 50.2. The van der Waals surface area contributed by atoms with Gasteiger partial charge in [0.2, 0.25) is 0 Å². The van der Waals surface area contributed by atoms with Crippen LogP contribution in [0.1, 0.15) is 251 Å². The number of carbonyl (C=O) groups is 2. The normalized spacial score (nSPS) is 14.0. The average Bonchev–Trinajstić information content (AvgIpc) is 3.39. The van der Waals surface area contributed by atoms with Gasteiger partial charge < -0.3 is 18.9 Å². The lowest BCUT2D eigenvalue weighted by atomic mass is 10.0. The Morgan fingerprint density at radius 3 is 1.12 bits per heavy atom. The molecule has 0 aliphatic carbocycles. The number of phosphoric ester groups is 1. The van der Waals surface area contributed by atoms with Crippen molar-refractivity contribution < 1.29 is 42.1 Å². The predicted octanol–water partition coefficient (Wildman–Crippen LogP) is 19.8. The lowest BCUT2D eigenvalue weighted by Gasteiger charge is -2.24. The minimum absolute atomic E-state index is 0.0263. The number of nitrogens with zero attached hydrogens (tertiary/aromatic N) is 1. The monoisotopic (exact) mass is 1090 g/mol. The van der Waals surface area contributed by atoms with Crippen LogP contribution in [0.15, 0.2) is 109 Å². The van der Waals surface area contributed by atoms with Crippen molar-refractivity contribution in [3.8, 4) is 0 Å². The van der Waals surface area contributed by atoms with E-state index in [0.29, 0.717) is 17.4 Å². The van der Waals surface area contributed by atoms with Gasteiger partial charge in [-0.05, 0) is 103 Å². The Labute approximate surface area is 474 Å². The molecule has 0 aromatic carbocycles. The van der Waals surface area contributed by atoms with Crippen LogP contribution in [-0.2, 0) is 32.7 Å². The summed E-state index contributed by atoms with van der Waals surface area (Å²) in [4.78, 5) is 35.7. The van der Waals surface area contributed by atoms with Crippen molar-refractivity contribution in [1.82, 2.24) is 0 Å². The van der Waals surface area contributed by atoms with Crippen LogP contribution < -0.4 is 0 Å². The number of hydrogen-bond acceptors (Lipinski definition) is 7. The molecule has 0 spiro atoms. The number of esters is 2. The summed E-state index contributed by atoms with van der Waals surface area (Å²) < 4.78 is 34.6. The molecule has 0 saturated heterocycles. The van der Waals surface area contributed by atoms with E-state index >= 15 is 0 Å². The van der Waals surface area contributed by atoms with Gasteiger partial charge in [0.15, 0.2) is 6.10 Å². The summed E-state index contributed by atoms with van der Waals surface area (Å²) in [5, 5.41) is 0. The van der Waals surface area contributed by atoms with Crippen molar-refractivity contribution in [2.24, 2.45) is 0 Å². The molecule has 0 saturated carbocycles. The van der Waals surface area contributed by atoms with Gasteiger partial charge in [-0.3, -0.25) is 18.6 Å². The molecule has 0 radical (unpaired) electrons. The smallest absolute Gasteiger partial charge is 0.462 e. The van der Waals surface area contributed by atoms with E-state index in [1.54, 1.807) is 0 Å². The van der Waals surface area contributed by atoms with Gasteiger partial charge in [0.05, 0.1) is 27.7 Å². The van der Waals surface area contributed by atoms with Gasteiger partial charge in [0.25, 0.3) is 0 Å². The van der Waals surface area contributed by atoms with Crippen molar-refractivity contribution in [3.63, 3.8) is 0 Å². The molecule has 0 aliphatic rings. The summed E-state index contributed by atoms with van der Waals surface area (Å²) in [7, 11) is 1.46. The summed E-state index contributed by atoms with van der Waals surface area (Å²) in [6.45, 7) is 4.31.